The number of aryl methyl sites for hydroxylation is 1. The Morgan fingerprint density at radius 3 is 2.29 bits per heavy atom. The van der Waals surface area contributed by atoms with Gasteiger partial charge in [0, 0.05) is 19.5 Å². The molecular formula is C22H29N3O5S. The van der Waals surface area contributed by atoms with Crippen LogP contribution in [-0.2, 0) is 32.6 Å². The molecule has 1 aromatic heterocycles. The van der Waals surface area contributed by atoms with E-state index in [-0.39, 0.29) is 36.2 Å². The highest BCUT2D eigenvalue weighted by Crippen LogP contribution is 2.21. The summed E-state index contributed by atoms with van der Waals surface area (Å²) in [6, 6.07) is 10.2. The van der Waals surface area contributed by atoms with Crippen molar-refractivity contribution in [1.82, 2.24) is 14.9 Å². The number of amides is 2. The molecule has 168 valence electrons. The zero-order valence-corrected chi connectivity index (χ0v) is 18.3. The summed E-state index contributed by atoms with van der Waals surface area (Å²) < 4.78 is 32.3. The van der Waals surface area contributed by atoms with Gasteiger partial charge in [0.2, 0.25) is 21.8 Å². The predicted octanol–water partition coefficient (Wildman–Crippen LogP) is 2.21. The van der Waals surface area contributed by atoms with Crippen LogP contribution in [0.2, 0.25) is 0 Å². The first-order valence-electron chi connectivity index (χ1n) is 10.6. The molecule has 1 aliphatic rings. The van der Waals surface area contributed by atoms with Crippen molar-refractivity contribution in [2.75, 3.05) is 19.6 Å². The summed E-state index contributed by atoms with van der Waals surface area (Å²) in [7, 11) is -3.47. The van der Waals surface area contributed by atoms with Gasteiger partial charge in [-0.3, -0.25) is 9.59 Å². The van der Waals surface area contributed by atoms with Gasteiger partial charge in [-0.25, -0.2) is 8.42 Å². The van der Waals surface area contributed by atoms with Crippen LogP contribution in [0.1, 0.15) is 43.4 Å². The lowest BCUT2D eigenvalue weighted by Crippen LogP contribution is -2.36. The molecule has 2 heterocycles. The number of hydrogen-bond acceptors (Lipinski definition) is 5. The van der Waals surface area contributed by atoms with Crippen molar-refractivity contribution in [3.8, 4) is 0 Å². The van der Waals surface area contributed by atoms with Crippen molar-refractivity contribution in [3.63, 3.8) is 0 Å². The van der Waals surface area contributed by atoms with E-state index in [1.807, 2.05) is 0 Å². The molecular weight excluding hydrogens is 418 g/mol. The van der Waals surface area contributed by atoms with E-state index in [0.717, 1.165) is 31.2 Å². The van der Waals surface area contributed by atoms with E-state index in [1.165, 1.54) is 6.26 Å². The van der Waals surface area contributed by atoms with Gasteiger partial charge in [-0.1, -0.05) is 25.0 Å². The van der Waals surface area contributed by atoms with Crippen molar-refractivity contribution < 1.29 is 22.4 Å². The molecule has 0 radical (unpaired) electrons. The Balaban J connectivity index is 1.42. The summed E-state index contributed by atoms with van der Waals surface area (Å²) in [5.41, 5.74) is 0.868. The number of sulfonamides is 1. The molecule has 0 saturated carbocycles. The van der Waals surface area contributed by atoms with Crippen LogP contribution in [0.25, 0.3) is 0 Å². The second kappa shape index (κ2) is 11.1. The third-order valence-corrected chi connectivity index (χ3v) is 7.17. The maximum atomic E-state index is 12.8. The SMILES string of the molecule is O=C(CCc1ccc(S(=O)(=O)N2CCCCCC2)cc1)NCC(=O)NCc1ccco1. The highest BCUT2D eigenvalue weighted by molar-refractivity contribution is 7.89. The van der Waals surface area contributed by atoms with Gasteiger partial charge in [0.05, 0.1) is 24.2 Å². The Hall–Kier alpha value is -2.65. The lowest BCUT2D eigenvalue weighted by molar-refractivity contribution is -0.126. The zero-order valence-electron chi connectivity index (χ0n) is 17.5. The fourth-order valence-electron chi connectivity index (χ4n) is 3.45. The minimum Gasteiger partial charge on any atom is -0.467 e. The zero-order chi connectivity index (χ0) is 22.1. The fraction of sp³-hybridized carbons (Fsp3) is 0.455. The van der Waals surface area contributed by atoms with E-state index in [4.69, 9.17) is 4.42 Å². The van der Waals surface area contributed by atoms with E-state index in [9.17, 15) is 18.0 Å². The van der Waals surface area contributed by atoms with Crippen LogP contribution in [0.3, 0.4) is 0 Å². The Morgan fingerprint density at radius 2 is 1.65 bits per heavy atom. The van der Waals surface area contributed by atoms with Gasteiger partial charge in [0.25, 0.3) is 0 Å². The van der Waals surface area contributed by atoms with Crippen molar-refractivity contribution in [2.45, 2.75) is 50.0 Å². The van der Waals surface area contributed by atoms with Crippen LogP contribution in [0.15, 0.2) is 52.0 Å². The maximum Gasteiger partial charge on any atom is 0.243 e. The normalized spacial score (nSPS) is 15.2. The largest absolute Gasteiger partial charge is 0.467 e. The smallest absolute Gasteiger partial charge is 0.243 e. The summed E-state index contributed by atoms with van der Waals surface area (Å²) >= 11 is 0. The number of nitrogens with one attached hydrogen (secondary N) is 2. The molecule has 1 aliphatic heterocycles. The highest BCUT2D eigenvalue weighted by Gasteiger charge is 2.24. The quantitative estimate of drug-likeness (QED) is 0.613. The molecule has 1 saturated heterocycles. The van der Waals surface area contributed by atoms with Crippen molar-refractivity contribution in [2.24, 2.45) is 0 Å². The molecule has 9 heteroatoms. The number of hydrogen-bond donors (Lipinski definition) is 2. The van der Waals surface area contributed by atoms with E-state index < -0.39 is 10.0 Å². The molecule has 31 heavy (non-hydrogen) atoms. The van der Waals surface area contributed by atoms with Crippen molar-refractivity contribution >= 4 is 21.8 Å². The molecule has 0 aliphatic carbocycles. The molecule has 2 aromatic rings. The minimum atomic E-state index is -3.47. The van der Waals surface area contributed by atoms with Crippen LogP contribution in [0.4, 0.5) is 0 Å². The lowest BCUT2D eigenvalue weighted by Gasteiger charge is -2.20. The summed E-state index contributed by atoms with van der Waals surface area (Å²) in [4.78, 5) is 24.1. The number of carbonyl (C=O) groups is 2. The summed E-state index contributed by atoms with van der Waals surface area (Å²) in [6.45, 7) is 1.31. The van der Waals surface area contributed by atoms with Gasteiger partial charge < -0.3 is 15.1 Å². The number of benzene rings is 1. The lowest BCUT2D eigenvalue weighted by atomic mass is 10.1. The van der Waals surface area contributed by atoms with E-state index in [0.29, 0.717) is 25.3 Å². The summed E-state index contributed by atoms with van der Waals surface area (Å²) in [5.74, 6) is 0.100. The third kappa shape index (κ3) is 6.93. The first-order valence-corrected chi connectivity index (χ1v) is 12.0. The van der Waals surface area contributed by atoms with Gasteiger partial charge in [0.1, 0.15) is 5.76 Å². The van der Waals surface area contributed by atoms with Crippen molar-refractivity contribution in [3.05, 3.63) is 54.0 Å². The van der Waals surface area contributed by atoms with Crippen LogP contribution in [0.5, 0.6) is 0 Å². The Morgan fingerprint density at radius 1 is 0.935 bits per heavy atom. The second-order valence-corrected chi connectivity index (χ2v) is 9.53. The molecule has 2 N–H and O–H groups in total. The minimum absolute atomic E-state index is 0.105. The number of nitrogens with zero attached hydrogens (tertiary/aromatic N) is 1. The molecule has 0 unspecified atom stereocenters. The average Bonchev–Trinajstić information content (AvgIpc) is 3.14. The molecule has 1 fully saturated rings. The van der Waals surface area contributed by atoms with Crippen LogP contribution >= 0.6 is 0 Å². The molecule has 2 amide bonds. The summed E-state index contributed by atoms with van der Waals surface area (Å²) in [5, 5.41) is 5.24. The highest BCUT2D eigenvalue weighted by atomic mass is 32.2. The van der Waals surface area contributed by atoms with Crippen LogP contribution in [0, 0.1) is 0 Å². The monoisotopic (exact) mass is 447 g/mol. The third-order valence-electron chi connectivity index (χ3n) is 5.25. The van der Waals surface area contributed by atoms with Gasteiger partial charge >= 0.3 is 0 Å². The van der Waals surface area contributed by atoms with Gasteiger partial charge in [-0.05, 0) is 49.1 Å². The van der Waals surface area contributed by atoms with Gasteiger partial charge in [0.15, 0.2) is 0 Å². The molecule has 0 atom stereocenters. The van der Waals surface area contributed by atoms with E-state index in [2.05, 4.69) is 10.6 Å². The number of carbonyl (C=O) groups excluding carboxylic acids is 2. The topological polar surface area (TPSA) is 109 Å². The Kier molecular flexibility index (Phi) is 8.25. The molecule has 1 aromatic carbocycles. The second-order valence-electron chi connectivity index (χ2n) is 7.60. The first kappa shape index (κ1) is 23.0. The number of furan rings is 1. The summed E-state index contributed by atoms with van der Waals surface area (Å²) in [6.07, 6.45) is 6.13. The van der Waals surface area contributed by atoms with Crippen molar-refractivity contribution in [1.29, 1.82) is 0 Å². The van der Waals surface area contributed by atoms with Crippen LogP contribution < -0.4 is 10.6 Å². The Labute approximate surface area is 183 Å². The van der Waals surface area contributed by atoms with E-state index in [1.54, 1.807) is 40.7 Å². The standard InChI is InChI=1S/C22H29N3O5S/c26-21(24-17-22(27)23-16-19-6-5-15-30-19)12-9-18-7-10-20(11-8-18)31(28,29)25-13-3-1-2-4-14-25/h5-8,10-11,15H,1-4,9,12-14,16-17H2,(H,23,27)(H,24,26). The van der Waals surface area contributed by atoms with Gasteiger partial charge in [-0.2, -0.15) is 4.31 Å². The van der Waals surface area contributed by atoms with Gasteiger partial charge in [-0.15, -0.1) is 0 Å². The number of rotatable bonds is 9. The van der Waals surface area contributed by atoms with E-state index >= 15 is 0 Å². The van der Waals surface area contributed by atoms with Crippen LogP contribution in [-0.4, -0.2) is 44.2 Å². The molecule has 3 rings (SSSR count). The maximum absolute atomic E-state index is 12.8. The fourth-order valence-corrected chi connectivity index (χ4v) is 4.96. The first-order chi connectivity index (χ1) is 14.9. The molecule has 0 spiro atoms. The average molecular weight is 448 g/mol. The predicted molar refractivity (Wildman–Crippen MR) is 116 cm³/mol. The Bertz CT molecular complexity index is 948. The molecule has 0 bridgehead atoms. The molecule has 8 nitrogen and oxygen atoms in total.